The minimum Gasteiger partial charge on any atom is -0.392 e. The van der Waals surface area contributed by atoms with Gasteiger partial charge in [-0.15, -0.1) is 0 Å². The fourth-order valence-corrected chi connectivity index (χ4v) is 2.58. The number of hydrogen-bond donors (Lipinski definition) is 1. The molecule has 1 heterocycles. The van der Waals surface area contributed by atoms with Crippen molar-refractivity contribution >= 4 is 22.9 Å². The van der Waals surface area contributed by atoms with Gasteiger partial charge in [-0.05, 0) is 52.6 Å². The first-order valence-electron chi connectivity index (χ1n) is 5.28. The predicted molar refractivity (Wildman–Crippen MR) is 69.1 cm³/mol. The van der Waals surface area contributed by atoms with Crippen LogP contribution in [0.2, 0.25) is 5.02 Å². The van der Waals surface area contributed by atoms with Gasteiger partial charge in [0, 0.05) is 11.4 Å². The van der Waals surface area contributed by atoms with Gasteiger partial charge in [0.2, 0.25) is 0 Å². The van der Waals surface area contributed by atoms with Crippen molar-refractivity contribution in [3.05, 3.63) is 57.0 Å². The molecule has 0 aliphatic carbocycles. The third-order valence-corrected chi connectivity index (χ3v) is 3.48. The van der Waals surface area contributed by atoms with E-state index in [-0.39, 0.29) is 12.2 Å². The SMILES string of the molecule is OC(Cc1ccsc1)Cc1cc(Cl)ccc1F. The topological polar surface area (TPSA) is 20.2 Å². The van der Waals surface area contributed by atoms with E-state index in [0.29, 0.717) is 17.0 Å². The van der Waals surface area contributed by atoms with E-state index in [4.69, 9.17) is 11.6 Å². The summed E-state index contributed by atoms with van der Waals surface area (Å²) in [5, 5.41) is 14.3. The van der Waals surface area contributed by atoms with Gasteiger partial charge in [-0.1, -0.05) is 11.6 Å². The highest BCUT2D eigenvalue weighted by atomic mass is 35.5. The Bertz CT molecular complexity index is 484. The monoisotopic (exact) mass is 270 g/mol. The molecule has 1 N–H and O–H groups in total. The molecule has 1 atom stereocenters. The van der Waals surface area contributed by atoms with Gasteiger partial charge in [-0.2, -0.15) is 11.3 Å². The third-order valence-electron chi connectivity index (χ3n) is 2.51. The molecule has 1 aromatic carbocycles. The minimum absolute atomic E-state index is 0.280. The van der Waals surface area contributed by atoms with E-state index in [2.05, 4.69) is 0 Å². The van der Waals surface area contributed by atoms with Crippen LogP contribution >= 0.6 is 22.9 Å². The van der Waals surface area contributed by atoms with Crippen LogP contribution < -0.4 is 0 Å². The number of rotatable bonds is 4. The number of hydrogen-bond acceptors (Lipinski definition) is 2. The molecule has 0 aliphatic rings. The summed E-state index contributed by atoms with van der Waals surface area (Å²) in [6.07, 6.45) is 0.232. The molecule has 0 radical (unpaired) electrons. The van der Waals surface area contributed by atoms with Crippen LogP contribution in [0.5, 0.6) is 0 Å². The highest BCUT2D eigenvalue weighted by Gasteiger charge is 2.11. The quantitative estimate of drug-likeness (QED) is 0.898. The summed E-state index contributed by atoms with van der Waals surface area (Å²) in [4.78, 5) is 0. The van der Waals surface area contributed by atoms with Crippen molar-refractivity contribution in [1.82, 2.24) is 0 Å². The summed E-state index contributed by atoms with van der Waals surface area (Å²) in [6.45, 7) is 0. The molecule has 2 rings (SSSR count). The molecule has 0 aliphatic heterocycles. The highest BCUT2D eigenvalue weighted by Crippen LogP contribution is 2.18. The van der Waals surface area contributed by atoms with Crippen molar-refractivity contribution in [3.63, 3.8) is 0 Å². The second kappa shape index (κ2) is 5.63. The molecule has 4 heteroatoms. The van der Waals surface area contributed by atoms with Crippen molar-refractivity contribution in [1.29, 1.82) is 0 Å². The molecule has 0 saturated heterocycles. The smallest absolute Gasteiger partial charge is 0.126 e. The zero-order valence-electron chi connectivity index (χ0n) is 9.07. The molecule has 0 bridgehead atoms. The first kappa shape index (κ1) is 12.6. The average molecular weight is 271 g/mol. The van der Waals surface area contributed by atoms with E-state index in [1.165, 1.54) is 12.1 Å². The molecule has 0 fully saturated rings. The van der Waals surface area contributed by atoms with Crippen molar-refractivity contribution in [2.75, 3.05) is 0 Å². The lowest BCUT2D eigenvalue weighted by molar-refractivity contribution is 0.174. The molecule has 0 saturated carbocycles. The van der Waals surface area contributed by atoms with Crippen molar-refractivity contribution in [2.24, 2.45) is 0 Å². The van der Waals surface area contributed by atoms with E-state index in [0.717, 1.165) is 5.56 Å². The Morgan fingerprint density at radius 1 is 1.29 bits per heavy atom. The molecule has 0 spiro atoms. The zero-order chi connectivity index (χ0) is 12.3. The van der Waals surface area contributed by atoms with E-state index in [9.17, 15) is 9.50 Å². The van der Waals surface area contributed by atoms with E-state index in [1.807, 2.05) is 16.8 Å². The largest absolute Gasteiger partial charge is 0.392 e. The lowest BCUT2D eigenvalue weighted by Gasteiger charge is -2.10. The Labute approximate surface area is 108 Å². The lowest BCUT2D eigenvalue weighted by Crippen LogP contribution is -2.14. The number of benzene rings is 1. The fraction of sp³-hybridized carbons (Fsp3) is 0.231. The summed E-state index contributed by atoms with van der Waals surface area (Å²) < 4.78 is 13.4. The van der Waals surface area contributed by atoms with Gasteiger partial charge < -0.3 is 5.11 Å². The molecule has 1 nitrogen and oxygen atoms in total. The molecule has 1 unspecified atom stereocenters. The van der Waals surface area contributed by atoms with E-state index < -0.39 is 6.10 Å². The van der Waals surface area contributed by atoms with Crippen molar-refractivity contribution < 1.29 is 9.50 Å². The van der Waals surface area contributed by atoms with E-state index >= 15 is 0 Å². The molecule has 90 valence electrons. The van der Waals surface area contributed by atoms with Gasteiger partial charge in [0.1, 0.15) is 5.82 Å². The predicted octanol–water partition coefficient (Wildman–Crippen LogP) is 3.69. The molecule has 2 aromatic rings. The minimum atomic E-state index is -0.586. The maximum absolute atomic E-state index is 13.4. The average Bonchev–Trinajstić information content (AvgIpc) is 2.76. The van der Waals surface area contributed by atoms with Gasteiger partial charge in [-0.25, -0.2) is 4.39 Å². The van der Waals surface area contributed by atoms with Crippen LogP contribution in [0.3, 0.4) is 0 Å². The van der Waals surface area contributed by atoms with Crippen LogP contribution in [0.25, 0.3) is 0 Å². The van der Waals surface area contributed by atoms with Gasteiger partial charge in [0.25, 0.3) is 0 Å². The van der Waals surface area contributed by atoms with Crippen LogP contribution in [-0.4, -0.2) is 11.2 Å². The van der Waals surface area contributed by atoms with Crippen LogP contribution in [-0.2, 0) is 12.8 Å². The van der Waals surface area contributed by atoms with Crippen LogP contribution in [0, 0.1) is 5.82 Å². The summed E-state index contributed by atoms with van der Waals surface area (Å²) in [7, 11) is 0. The summed E-state index contributed by atoms with van der Waals surface area (Å²) in [5.74, 6) is -0.321. The van der Waals surface area contributed by atoms with Crippen molar-refractivity contribution in [3.8, 4) is 0 Å². The standard InChI is InChI=1S/C13H12ClFOS/c14-11-1-2-13(15)10(6-11)7-12(16)5-9-3-4-17-8-9/h1-4,6,8,12,16H,5,7H2. The van der Waals surface area contributed by atoms with Crippen LogP contribution in [0.15, 0.2) is 35.0 Å². The fourth-order valence-electron chi connectivity index (χ4n) is 1.71. The molecule has 0 amide bonds. The lowest BCUT2D eigenvalue weighted by atomic mass is 10.0. The highest BCUT2D eigenvalue weighted by molar-refractivity contribution is 7.07. The van der Waals surface area contributed by atoms with E-state index in [1.54, 1.807) is 17.4 Å². The second-order valence-corrected chi connectivity index (χ2v) is 5.15. The van der Waals surface area contributed by atoms with Gasteiger partial charge in [-0.3, -0.25) is 0 Å². The first-order chi connectivity index (χ1) is 8.15. The normalized spacial score (nSPS) is 12.6. The maximum Gasteiger partial charge on any atom is 0.126 e. The van der Waals surface area contributed by atoms with Crippen molar-refractivity contribution in [2.45, 2.75) is 18.9 Å². The zero-order valence-corrected chi connectivity index (χ0v) is 10.6. The molecular formula is C13H12ClFOS. The maximum atomic E-state index is 13.4. The Morgan fingerprint density at radius 2 is 2.12 bits per heavy atom. The Hall–Kier alpha value is -0.900. The number of aliphatic hydroxyl groups is 1. The molecule has 1 aromatic heterocycles. The number of halogens is 2. The van der Waals surface area contributed by atoms with Gasteiger partial charge in [0.05, 0.1) is 6.10 Å². The molecule has 17 heavy (non-hydrogen) atoms. The Morgan fingerprint density at radius 3 is 2.82 bits per heavy atom. The van der Waals surface area contributed by atoms with Gasteiger partial charge >= 0.3 is 0 Å². The summed E-state index contributed by atoms with van der Waals surface area (Å²) in [5.41, 5.74) is 1.53. The summed E-state index contributed by atoms with van der Waals surface area (Å²) >= 11 is 7.38. The number of aliphatic hydroxyl groups excluding tert-OH is 1. The third kappa shape index (κ3) is 3.53. The summed E-state index contributed by atoms with van der Waals surface area (Å²) in [6, 6.07) is 6.36. The Kier molecular flexibility index (Phi) is 4.15. The van der Waals surface area contributed by atoms with Gasteiger partial charge in [0.15, 0.2) is 0 Å². The second-order valence-electron chi connectivity index (χ2n) is 3.93. The van der Waals surface area contributed by atoms with Crippen LogP contribution in [0.1, 0.15) is 11.1 Å². The Balaban J connectivity index is 2.02. The first-order valence-corrected chi connectivity index (χ1v) is 6.60. The molecular weight excluding hydrogens is 259 g/mol. The van der Waals surface area contributed by atoms with Crippen LogP contribution in [0.4, 0.5) is 4.39 Å². The number of thiophene rings is 1.